The predicted octanol–water partition coefficient (Wildman–Crippen LogP) is 1.74. The molecule has 0 unspecified atom stereocenters. The van der Waals surface area contributed by atoms with E-state index in [4.69, 9.17) is 24.4 Å². The SMILES string of the molecule is COc1ccc(CCNC(=O)c2coc(CN)c2)c(OC)c1OC. The molecule has 1 heterocycles. The fraction of sp³-hybridized carbons (Fsp3) is 0.353. The summed E-state index contributed by atoms with van der Waals surface area (Å²) in [6, 6.07) is 5.32. The molecular weight excluding hydrogens is 312 g/mol. The van der Waals surface area contributed by atoms with E-state index in [1.54, 1.807) is 27.4 Å². The Kier molecular flexibility index (Phi) is 6.08. The molecule has 24 heavy (non-hydrogen) atoms. The van der Waals surface area contributed by atoms with Crippen LogP contribution in [-0.4, -0.2) is 33.8 Å². The van der Waals surface area contributed by atoms with Crippen LogP contribution < -0.4 is 25.3 Å². The smallest absolute Gasteiger partial charge is 0.254 e. The summed E-state index contributed by atoms with van der Waals surface area (Å²) in [6.07, 6.45) is 1.98. The number of nitrogens with two attached hydrogens (primary N) is 1. The number of amides is 1. The number of rotatable bonds is 8. The maximum atomic E-state index is 12.1. The second kappa shape index (κ2) is 8.26. The van der Waals surface area contributed by atoms with E-state index in [1.807, 2.05) is 12.1 Å². The molecule has 3 N–H and O–H groups in total. The zero-order chi connectivity index (χ0) is 17.5. The number of carbonyl (C=O) groups excluding carboxylic acids is 1. The fourth-order valence-electron chi connectivity index (χ4n) is 2.38. The molecule has 130 valence electrons. The quantitative estimate of drug-likeness (QED) is 0.763. The van der Waals surface area contributed by atoms with Gasteiger partial charge in [-0.05, 0) is 18.6 Å². The number of carbonyl (C=O) groups is 1. The van der Waals surface area contributed by atoms with E-state index in [2.05, 4.69) is 5.32 Å². The molecule has 0 fully saturated rings. The summed E-state index contributed by atoms with van der Waals surface area (Å²) in [5, 5.41) is 2.83. The monoisotopic (exact) mass is 334 g/mol. The van der Waals surface area contributed by atoms with Crippen molar-refractivity contribution in [2.45, 2.75) is 13.0 Å². The van der Waals surface area contributed by atoms with Crippen LogP contribution in [0.4, 0.5) is 0 Å². The molecule has 0 aliphatic rings. The van der Waals surface area contributed by atoms with E-state index in [1.165, 1.54) is 6.26 Å². The zero-order valence-electron chi connectivity index (χ0n) is 14.0. The van der Waals surface area contributed by atoms with Crippen LogP contribution in [0.15, 0.2) is 28.9 Å². The molecule has 0 atom stereocenters. The van der Waals surface area contributed by atoms with E-state index in [-0.39, 0.29) is 12.5 Å². The third-order valence-corrected chi connectivity index (χ3v) is 3.58. The number of hydrogen-bond donors (Lipinski definition) is 2. The average Bonchev–Trinajstić information content (AvgIpc) is 3.10. The molecule has 0 aliphatic carbocycles. The highest BCUT2D eigenvalue weighted by molar-refractivity contribution is 5.93. The van der Waals surface area contributed by atoms with Gasteiger partial charge in [-0.15, -0.1) is 0 Å². The molecule has 0 saturated carbocycles. The second-order valence-corrected chi connectivity index (χ2v) is 5.01. The molecule has 7 nitrogen and oxygen atoms in total. The Morgan fingerprint density at radius 1 is 1.17 bits per heavy atom. The van der Waals surface area contributed by atoms with E-state index in [0.29, 0.717) is 41.5 Å². The van der Waals surface area contributed by atoms with Gasteiger partial charge in [-0.3, -0.25) is 4.79 Å². The molecular formula is C17H22N2O5. The van der Waals surface area contributed by atoms with E-state index >= 15 is 0 Å². The first-order valence-electron chi connectivity index (χ1n) is 7.48. The Hall–Kier alpha value is -2.67. The second-order valence-electron chi connectivity index (χ2n) is 5.01. The van der Waals surface area contributed by atoms with Crippen molar-refractivity contribution in [3.05, 3.63) is 41.3 Å². The lowest BCUT2D eigenvalue weighted by Crippen LogP contribution is -2.25. The average molecular weight is 334 g/mol. The van der Waals surface area contributed by atoms with Gasteiger partial charge < -0.3 is 29.7 Å². The van der Waals surface area contributed by atoms with Crippen molar-refractivity contribution in [2.24, 2.45) is 5.73 Å². The maximum absolute atomic E-state index is 12.1. The van der Waals surface area contributed by atoms with Crippen LogP contribution in [0.25, 0.3) is 0 Å². The number of hydrogen-bond acceptors (Lipinski definition) is 6. The highest BCUT2D eigenvalue weighted by atomic mass is 16.5. The van der Waals surface area contributed by atoms with Gasteiger partial charge in [0.1, 0.15) is 12.0 Å². The van der Waals surface area contributed by atoms with Crippen LogP contribution in [0.1, 0.15) is 21.7 Å². The van der Waals surface area contributed by atoms with Crippen LogP contribution >= 0.6 is 0 Å². The van der Waals surface area contributed by atoms with Gasteiger partial charge in [-0.1, -0.05) is 6.07 Å². The van der Waals surface area contributed by atoms with E-state index in [0.717, 1.165) is 5.56 Å². The van der Waals surface area contributed by atoms with Crippen LogP contribution in [-0.2, 0) is 13.0 Å². The van der Waals surface area contributed by atoms with Crippen molar-refractivity contribution in [1.29, 1.82) is 0 Å². The molecule has 0 radical (unpaired) electrons. The largest absolute Gasteiger partial charge is 0.493 e. The number of furan rings is 1. The number of ether oxygens (including phenoxy) is 3. The van der Waals surface area contributed by atoms with Crippen molar-refractivity contribution >= 4 is 5.91 Å². The minimum absolute atomic E-state index is 0.210. The maximum Gasteiger partial charge on any atom is 0.254 e. The third-order valence-electron chi connectivity index (χ3n) is 3.58. The van der Waals surface area contributed by atoms with Gasteiger partial charge in [0, 0.05) is 12.1 Å². The Morgan fingerprint density at radius 3 is 2.50 bits per heavy atom. The lowest BCUT2D eigenvalue weighted by molar-refractivity contribution is 0.0953. The van der Waals surface area contributed by atoms with Crippen molar-refractivity contribution in [3.8, 4) is 17.2 Å². The predicted molar refractivity (Wildman–Crippen MR) is 88.7 cm³/mol. The Bertz CT molecular complexity index is 696. The topological polar surface area (TPSA) is 96.0 Å². The van der Waals surface area contributed by atoms with Gasteiger partial charge in [0.15, 0.2) is 11.5 Å². The highest BCUT2D eigenvalue weighted by Gasteiger charge is 2.16. The summed E-state index contributed by atoms with van der Waals surface area (Å²) in [4.78, 5) is 12.1. The third kappa shape index (κ3) is 3.80. The van der Waals surface area contributed by atoms with Gasteiger partial charge in [0.2, 0.25) is 5.75 Å². The molecule has 7 heteroatoms. The summed E-state index contributed by atoms with van der Waals surface area (Å²) in [5.74, 6) is 2.08. The normalized spacial score (nSPS) is 10.3. The first kappa shape index (κ1) is 17.7. The van der Waals surface area contributed by atoms with Gasteiger partial charge >= 0.3 is 0 Å². The molecule has 1 aromatic heterocycles. The van der Waals surface area contributed by atoms with Crippen molar-refractivity contribution in [3.63, 3.8) is 0 Å². The fourth-order valence-corrected chi connectivity index (χ4v) is 2.38. The first-order chi connectivity index (χ1) is 11.6. The van der Waals surface area contributed by atoms with Crippen LogP contribution in [0.5, 0.6) is 17.2 Å². The Morgan fingerprint density at radius 2 is 1.92 bits per heavy atom. The van der Waals surface area contributed by atoms with Gasteiger partial charge in [-0.2, -0.15) is 0 Å². The zero-order valence-corrected chi connectivity index (χ0v) is 14.0. The molecule has 0 aliphatic heterocycles. The molecule has 0 saturated heterocycles. The summed E-state index contributed by atoms with van der Waals surface area (Å²) in [6.45, 7) is 0.698. The highest BCUT2D eigenvalue weighted by Crippen LogP contribution is 2.39. The van der Waals surface area contributed by atoms with Gasteiger partial charge in [-0.25, -0.2) is 0 Å². The summed E-state index contributed by atoms with van der Waals surface area (Å²) < 4.78 is 21.2. The molecule has 1 aromatic carbocycles. The Labute approximate surface area is 140 Å². The lowest BCUT2D eigenvalue weighted by atomic mass is 10.1. The van der Waals surface area contributed by atoms with E-state index in [9.17, 15) is 4.79 Å². The minimum atomic E-state index is -0.210. The summed E-state index contributed by atoms with van der Waals surface area (Å²) in [7, 11) is 4.69. The van der Waals surface area contributed by atoms with Crippen LogP contribution in [0.2, 0.25) is 0 Å². The Balaban J connectivity index is 2.02. The first-order valence-corrected chi connectivity index (χ1v) is 7.48. The molecule has 1 amide bonds. The van der Waals surface area contributed by atoms with Crippen molar-refractivity contribution < 1.29 is 23.4 Å². The van der Waals surface area contributed by atoms with Crippen molar-refractivity contribution in [1.82, 2.24) is 5.32 Å². The number of benzene rings is 1. The van der Waals surface area contributed by atoms with Crippen LogP contribution in [0.3, 0.4) is 0 Å². The molecule has 0 bridgehead atoms. The molecule has 0 spiro atoms. The van der Waals surface area contributed by atoms with E-state index < -0.39 is 0 Å². The minimum Gasteiger partial charge on any atom is -0.493 e. The molecule has 2 aromatic rings. The number of nitrogens with one attached hydrogen (secondary N) is 1. The lowest BCUT2D eigenvalue weighted by Gasteiger charge is -2.15. The molecule has 2 rings (SSSR count). The van der Waals surface area contributed by atoms with Crippen LogP contribution in [0, 0.1) is 0 Å². The summed E-state index contributed by atoms with van der Waals surface area (Å²) >= 11 is 0. The summed E-state index contributed by atoms with van der Waals surface area (Å²) in [5.41, 5.74) is 6.82. The van der Waals surface area contributed by atoms with Crippen molar-refractivity contribution in [2.75, 3.05) is 27.9 Å². The van der Waals surface area contributed by atoms with Gasteiger partial charge in [0.25, 0.3) is 5.91 Å². The number of methoxy groups -OCH3 is 3. The standard InChI is InChI=1S/C17H22N2O5/c1-21-14-5-4-11(15(22-2)16(14)23-3)6-7-19-17(20)12-8-13(9-18)24-10-12/h4-5,8,10H,6-7,9,18H2,1-3H3,(H,19,20). The van der Waals surface area contributed by atoms with Gasteiger partial charge in [0.05, 0.1) is 33.4 Å².